The minimum Gasteiger partial charge on any atom is -0.491 e. The van der Waals surface area contributed by atoms with Crippen molar-refractivity contribution in [2.45, 2.75) is 20.4 Å². The molecule has 0 bridgehead atoms. The Kier molecular flexibility index (Phi) is 4.66. The first-order chi connectivity index (χ1) is 11.6. The molecule has 0 N–H and O–H groups in total. The molecule has 124 valence electrons. The Morgan fingerprint density at radius 1 is 1.12 bits per heavy atom. The first-order valence-electron chi connectivity index (χ1n) is 7.54. The third kappa shape index (κ3) is 3.33. The minimum atomic E-state index is -0.354. The number of nitrogens with zero attached hydrogens (tertiary/aromatic N) is 4. The number of aromatic nitrogens is 4. The van der Waals surface area contributed by atoms with Crippen LogP contribution >= 0.6 is 11.6 Å². The van der Waals surface area contributed by atoms with Gasteiger partial charge in [-0.05, 0) is 53.6 Å². The van der Waals surface area contributed by atoms with Crippen molar-refractivity contribution < 1.29 is 4.74 Å². The highest BCUT2D eigenvalue weighted by Crippen LogP contribution is 2.19. The predicted molar refractivity (Wildman–Crippen MR) is 92.0 cm³/mol. The van der Waals surface area contributed by atoms with Gasteiger partial charge in [-0.15, -0.1) is 0 Å². The number of para-hydroxylation sites is 1. The number of rotatable bonds is 5. The maximum absolute atomic E-state index is 12.4. The summed E-state index contributed by atoms with van der Waals surface area (Å²) in [6.07, 6.45) is 0. The van der Waals surface area contributed by atoms with E-state index in [2.05, 4.69) is 10.4 Å². The lowest BCUT2D eigenvalue weighted by Crippen LogP contribution is -2.26. The average molecular weight is 345 g/mol. The second-order valence-electron chi connectivity index (χ2n) is 5.47. The molecule has 0 saturated carbocycles. The van der Waals surface area contributed by atoms with Crippen LogP contribution in [0.4, 0.5) is 0 Å². The molecule has 0 aliphatic carbocycles. The molecule has 0 amide bonds. The van der Waals surface area contributed by atoms with E-state index < -0.39 is 0 Å². The van der Waals surface area contributed by atoms with Gasteiger partial charge in [0.25, 0.3) is 0 Å². The Bertz CT molecular complexity index is 917. The smallest absolute Gasteiger partial charge is 0.368 e. The van der Waals surface area contributed by atoms with E-state index in [1.807, 2.05) is 32.0 Å². The van der Waals surface area contributed by atoms with E-state index in [9.17, 15) is 4.79 Å². The lowest BCUT2D eigenvalue weighted by atomic mass is 10.1. The number of hydrogen-bond acceptors (Lipinski definition) is 4. The highest BCUT2D eigenvalue weighted by atomic mass is 35.5. The Hall–Kier alpha value is -2.60. The highest BCUT2D eigenvalue weighted by molar-refractivity contribution is 6.32. The fourth-order valence-electron chi connectivity index (χ4n) is 2.29. The van der Waals surface area contributed by atoms with Crippen molar-refractivity contribution in [3.63, 3.8) is 0 Å². The minimum absolute atomic E-state index is 0.302. The Morgan fingerprint density at radius 2 is 1.92 bits per heavy atom. The summed E-state index contributed by atoms with van der Waals surface area (Å²) in [4.78, 5) is 12.4. The maximum Gasteiger partial charge on any atom is 0.368 e. The SMILES string of the molecule is Cc1ccc(C)c(OCCn2nnn(-c3ccccc3Cl)c2=O)c1. The molecule has 0 atom stereocenters. The van der Waals surface area contributed by atoms with E-state index in [4.69, 9.17) is 16.3 Å². The highest BCUT2D eigenvalue weighted by Gasteiger charge is 2.11. The van der Waals surface area contributed by atoms with Gasteiger partial charge in [0, 0.05) is 0 Å². The average Bonchev–Trinajstić information content (AvgIpc) is 2.92. The molecule has 7 heteroatoms. The lowest BCUT2D eigenvalue weighted by Gasteiger charge is -2.09. The molecule has 3 rings (SSSR count). The summed E-state index contributed by atoms with van der Waals surface area (Å²) in [5, 5.41) is 8.21. The van der Waals surface area contributed by atoms with Crippen molar-refractivity contribution in [1.29, 1.82) is 0 Å². The topological polar surface area (TPSA) is 61.9 Å². The Morgan fingerprint density at radius 3 is 2.71 bits per heavy atom. The molecule has 0 saturated heterocycles. The fourth-order valence-corrected chi connectivity index (χ4v) is 2.51. The second kappa shape index (κ2) is 6.88. The molecular weight excluding hydrogens is 328 g/mol. The van der Waals surface area contributed by atoms with Gasteiger partial charge >= 0.3 is 5.69 Å². The van der Waals surface area contributed by atoms with Gasteiger partial charge in [0.05, 0.1) is 17.3 Å². The van der Waals surface area contributed by atoms with Gasteiger partial charge in [0.15, 0.2) is 0 Å². The van der Waals surface area contributed by atoms with Crippen LogP contribution in [0.5, 0.6) is 5.75 Å². The van der Waals surface area contributed by atoms with E-state index in [1.165, 1.54) is 9.36 Å². The summed E-state index contributed by atoms with van der Waals surface area (Å²) in [7, 11) is 0. The first kappa shape index (κ1) is 16.3. The molecule has 0 unspecified atom stereocenters. The van der Waals surface area contributed by atoms with Crippen molar-refractivity contribution in [1.82, 2.24) is 19.8 Å². The molecular formula is C17H17ClN4O2. The van der Waals surface area contributed by atoms with E-state index >= 15 is 0 Å². The van der Waals surface area contributed by atoms with E-state index in [1.54, 1.807) is 24.3 Å². The number of tetrazole rings is 1. The van der Waals surface area contributed by atoms with E-state index in [-0.39, 0.29) is 5.69 Å². The van der Waals surface area contributed by atoms with Crippen molar-refractivity contribution in [2.75, 3.05) is 6.61 Å². The zero-order valence-corrected chi connectivity index (χ0v) is 14.2. The van der Waals surface area contributed by atoms with Crippen LogP contribution in [0.25, 0.3) is 5.69 Å². The van der Waals surface area contributed by atoms with Gasteiger partial charge in [-0.2, -0.15) is 9.36 Å². The van der Waals surface area contributed by atoms with Crippen LogP contribution in [0, 0.1) is 13.8 Å². The summed E-state index contributed by atoms with van der Waals surface area (Å²) in [5.41, 5.74) is 2.32. The molecule has 0 aliphatic heterocycles. The molecule has 1 aromatic heterocycles. The second-order valence-corrected chi connectivity index (χ2v) is 5.87. The van der Waals surface area contributed by atoms with Crippen molar-refractivity contribution >= 4 is 11.6 Å². The summed E-state index contributed by atoms with van der Waals surface area (Å²) in [5.74, 6) is 0.807. The van der Waals surface area contributed by atoms with Crippen LogP contribution in [0.3, 0.4) is 0 Å². The molecule has 0 aliphatic rings. The van der Waals surface area contributed by atoms with Crippen LogP contribution < -0.4 is 10.4 Å². The lowest BCUT2D eigenvalue weighted by molar-refractivity contribution is 0.285. The van der Waals surface area contributed by atoms with Gasteiger partial charge in [-0.1, -0.05) is 35.9 Å². The summed E-state index contributed by atoms with van der Waals surface area (Å²) in [6.45, 7) is 4.61. The largest absolute Gasteiger partial charge is 0.491 e. The first-order valence-corrected chi connectivity index (χ1v) is 7.92. The predicted octanol–water partition coefficient (Wildman–Crippen LogP) is 2.78. The third-order valence-corrected chi connectivity index (χ3v) is 3.94. The van der Waals surface area contributed by atoms with Gasteiger partial charge in [0.2, 0.25) is 0 Å². The Balaban J connectivity index is 1.72. The number of ether oxygens (including phenoxy) is 1. The standard InChI is InChI=1S/C17H17ClN4O2/c1-12-7-8-13(2)16(11-12)24-10-9-21-17(23)22(20-19-21)15-6-4-3-5-14(15)18/h3-8,11H,9-10H2,1-2H3. The maximum atomic E-state index is 12.4. The fraction of sp³-hybridized carbons (Fsp3) is 0.235. The van der Waals surface area contributed by atoms with Gasteiger partial charge in [-0.3, -0.25) is 0 Å². The Labute approximate surface area is 144 Å². The van der Waals surface area contributed by atoms with Gasteiger partial charge in [-0.25, -0.2) is 4.79 Å². The van der Waals surface area contributed by atoms with Crippen LogP contribution in [-0.4, -0.2) is 26.4 Å². The molecule has 2 aromatic carbocycles. The number of aryl methyl sites for hydroxylation is 2. The van der Waals surface area contributed by atoms with Crippen LogP contribution in [0.1, 0.15) is 11.1 Å². The van der Waals surface area contributed by atoms with Gasteiger partial charge in [0.1, 0.15) is 12.4 Å². The summed E-state index contributed by atoms with van der Waals surface area (Å²) < 4.78 is 8.19. The van der Waals surface area contributed by atoms with Crippen LogP contribution in [0.2, 0.25) is 5.02 Å². The van der Waals surface area contributed by atoms with E-state index in [0.717, 1.165) is 16.9 Å². The zero-order chi connectivity index (χ0) is 17.1. The van der Waals surface area contributed by atoms with Crippen LogP contribution in [0.15, 0.2) is 47.3 Å². The quantitative estimate of drug-likeness (QED) is 0.714. The van der Waals surface area contributed by atoms with Crippen molar-refractivity contribution in [3.05, 3.63) is 69.1 Å². The van der Waals surface area contributed by atoms with Crippen molar-refractivity contribution in [2.24, 2.45) is 0 Å². The number of benzene rings is 2. The molecule has 0 fully saturated rings. The molecule has 6 nitrogen and oxygen atoms in total. The van der Waals surface area contributed by atoms with Crippen molar-refractivity contribution in [3.8, 4) is 11.4 Å². The third-order valence-electron chi connectivity index (χ3n) is 3.62. The number of hydrogen-bond donors (Lipinski definition) is 0. The number of halogens is 1. The van der Waals surface area contributed by atoms with E-state index in [0.29, 0.717) is 23.9 Å². The van der Waals surface area contributed by atoms with Crippen LogP contribution in [-0.2, 0) is 6.54 Å². The molecule has 0 spiro atoms. The normalized spacial score (nSPS) is 10.8. The molecule has 1 heterocycles. The zero-order valence-electron chi connectivity index (χ0n) is 13.4. The van der Waals surface area contributed by atoms with Gasteiger partial charge < -0.3 is 4.74 Å². The molecule has 0 radical (unpaired) electrons. The summed E-state index contributed by atoms with van der Waals surface area (Å²) >= 11 is 6.10. The molecule has 24 heavy (non-hydrogen) atoms. The monoisotopic (exact) mass is 344 g/mol. The summed E-state index contributed by atoms with van der Waals surface area (Å²) in [6, 6.07) is 13.0. The molecule has 3 aromatic rings.